The quantitative estimate of drug-likeness (QED) is 0.509. The molecule has 0 rings (SSSR count). The van der Waals surface area contributed by atoms with Crippen LogP contribution in [0.4, 0.5) is 0 Å². The lowest BCUT2D eigenvalue weighted by atomic mass is 10.4. The van der Waals surface area contributed by atoms with Crippen LogP contribution in [0.3, 0.4) is 0 Å². The molecule has 0 aliphatic rings. The van der Waals surface area contributed by atoms with E-state index in [1.165, 1.54) is 0 Å². The van der Waals surface area contributed by atoms with E-state index in [0.29, 0.717) is 30.1 Å². The van der Waals surface area contributed by atoms with Crippen molar-refractivity contribution < 1.29 is 25.0 Å². The van der Waals surface area contributed by atoms with Gasteiger partial charge in [0.05, 0.1) is 12.0 Å². The lowest BCUT2D eigenvalue weighted by Gasteiger charge is -2.36. The second kappa shape index (κ2) is 7.09. The van der Waals surface area contributed by atoms with Crippen LogP contribution in [0, 0.1) is 0 Å². The van der Waals surface area contributed by atoms with Gasteiger partial charge in [-0.1, -0.05) is 13.8 Å². The first-order chi connectivity index (χ1) is 8.04. The molecular weight excluding hydrogens is 300 g/mol. The largest absolute Gasteiger partial charge is 0.286 e. The van der Waals surface area contributed by atoms with E-state index in [9.17, 15) is 16.8 Å². The molecular formula is C9H22O6S3. The number of hydrogen-bond donors (Lipinski definition) is 1. The van der Waals surface area contributed by atoms with Gasteiger partial charge in [-0.25, -0.2) is 3.63 Å². The zero-order valence-corrected chi connectivity index (χ0v) is 13.4. The van der Waals surface area contributed by atoms with E-state index in [-0.39, 0.29) is 5.75 Å². The molecule has 0 spiro atoms. The summed E-state index contributed by atoms with van der Waals surface area (Å²) < 4.78 is 57.4. The molecule has 9 heteroatoms. The average Bonchev–Trinajstić information content (AvgIpc) is 2.19. The Morgan fingerprint density at radius 3 is 1.72 bits per heavy atom. The molecule has 0 fully saturated rings. The first-order valence-corrected chi connectivity index (χ1v) is 11.2. The highest BCUT2D eigenvalue weighted by molar-refractivity contribution is 8.32. The van der Waals surface area contributed by atoms with Gasteiger partial charge >= 0.3 is 0 Å². The predicted octanol–water partition coefficient (Wildman–Crippen LogP) is 1.39. The van der Waals surface area contributed by atoms with Crippen molar-refractivity contribution in [3.05, 3.63) is 0 Å². The fourth-order valence-corrected chi connectivity index (χ4v) is 6.96. The summed E-state index contributed by atoms with van der Waals surface area (Å²) in [5.74, 6) is 1.46. The monoisotopic (exact) mass is 322 g/mol. The molecule has 0 heterocycles. The fourth-order valence-electron chi connectivity index (χ4n) is 1.53. The molecule has 0 saturated carbocycles. The molecule has 0 aromatic carbocycles. The van der Waals surface area contributed by atoms with Gasteiger partial charge in [0.2, 0.25) is 0 Å². The third-order valence-corrected chi connectivity index (χ3v) is 8.57. The van der Waals surface area contributed by atoms with E-state index < -0.39 is 30.5 Å². The number of rotatable bonds is 9. The van der Waals surface area contributed by atoms with E-state index in [1.54, 1.807) is 0 Å². The second-order valence-corrected chi connectivity index (χ2v) is 11.0. The van der Waals surface area contributed by atoms with Crippen LogP contribution in [0.15, 0.2) is 0 Å². The molecule has 0 aliphatic carbocycles. The Morgan fingerprint density at radius 2 is 1.39 bits per heavy atom. The predicted molar refractivity (Wildman–Crippen MR) is 75.1 cm³/mol. The summed E-state index contributed by atoms with van der Waals surface area (Å²) in [6, 6.07) is 0. The van der Waals surface area contributed by atoms with Crippen LogP contribution in [0.2, 0.25) is 0 Å². The minimum absolute atomic E-state index is 0.297. The summed E-state index contributed by atoms with van der Waals surface area (Å²) >= 11 is 0. The van der Waals surface area contributed by atoms with E-state index >= 15 is 0 Å². The van der Waals surface area contributed by atoms with Crippen LogP contribution in [0.1, 0.15) is 26.7 Å². The van der Waals surface area contributed by atoms with Crippen LogP contribution < -0.4 is 0 Å². The van der Waals surface area contributed by atoms with Crippen LogP contribution in [-0.4, -0.2) is 50.7 Å². The Labute approximate surface area is 112 Å². The summed E-state index contributed by atoms with van der Waals surface area (Å²) in [7, 11) is -9.15. The lowest BCUT2D eigenvalue weighted by molar-refractivity contribution is 0.480. The molecule has 0 aromatic rings. The van der Waals surface area contributed by atoms with Crippen molar-refractivity contribution in [3.63, 3.8) is 0 Å². The van der Waals surface area contributed by atoms with Gasteiger partial charge in [0.25, 0.3) is 20.2 Å². The van der Waals surface area contributed by atoms with E-state index in [4.69, 9.17) is 8.18 Å². The van der Waals surface area contributed by atoms with Crippen LogP contribution in [0.5, 0.6) is 0 Å². The van der Waals surface area contributed by atoms with Crippen LogP contribution in [-0.2, 0) is 23.9 Å². The molecule has 0 atom stereocenters. The molecule has 112 valence electrons. The standard InChI is InChI=1S/C9H22O6S3/c1-4-17(5-2,15-16(3,10)11)8-6-7-9-18(12,13)14/h4-9H2,1-3H3,(H,12,13,14). The van der Waals surface area contributed by atoms with Crippen molar-refractivity contribution in [3.8, 4) is 0 Å². The first kappa shape index (κ1) is 18.2. The van der Waals surface area contributed by atoms with Crippen molar-refractivity contribution in [2.45, 2.75) is 26.7 Å². The normalized spacial score (nSPS) is 14.7. The minimum atomic E-state index is -3.94. The van der Waals surface area contributed by atoms with Crippen molar-refractivity contribution >= 4 is 30.5 Å². The highest BCUT2D eigenvalue weighted by Gasteiger charge is 2.25. The number of unbranched alkanes of at least 4 members (excludes halogenated alkanes) is 1. The lowest BCUT2D eigenvalue weighted by Crippen LogP contribution is -2.18. The highest BCUT2D eigenvalue weighted by atomic mass is 32.3. The van der Waals surface area contributed by atoms with Gasteiger partial charge in [-0.2, -0.15) is 16.8 Å². The van der Waals surface area contributed by atoms with Gasteiger partial charge in [-0.15, -0.1) is 10.3 Å². The van der Waals surface area contributed by atoms with Gasteiger partial charge < -0.3 is 0 Å². The van der Waals surface area contributed by atoms with E-state index in [2.05, 4.69) is 0 Å². The Hall–Kier alpha value is 0.170. The fraction of sp³-hybridized carbons (Fsp3) is 1.00. The molecule has 6 nitrogen and oxygen atoms in total. The molecule has 18 heavy (non-hydrogen) atoms. The molecule has 0 bridgehead atoms. The van der Waals surface area contributed by atoms with Gasteiger partial charge in [0.1, 0.15) is 0 Å². The minimum Gasteiger partial charge on any atom is -0.286 e. The number of hydrogen-bond acceptors (Lipinski definition) is 5. The van der Waals surface area contributed by atoms with Crippen molar-refractivity contribution in [2.24, 2.45) is 0 Å². The van der Waals surface area contributed by atoms with Gasteiger partial charge in [-0.3, -0.25) is 4.55 Å². The molecule has 0 amide bonds. The van der Waals surface area contributed by atoms with Gasteiger partial charge in [0, 0.05) is 5.75 Å². The Bertz CT molecular complexity index is 435. The summed E-state index contributed by atoms with van der Waals surface area (Å²) in [4.78, 5) is 0. The molecule has 0 saturated heterocycles. The molecule has 1 N–H and O–H groups in total. The van der Waals surface area contributed by atoms with Crippen LogP contribution in [0.25, 0.3) is 0 Å². The first-order valence-electron chi connectivity index (χ1n) is 5.66. The Kier molecular flexibility index (Phi) is 7.15. The van der Waals surface area contributed by atoms with Crippen molar-refractivity contribution in [1.82, 2.24) is 0 Å². The molecule has 0 unspecified atom stereocenters. The third kappa shape index (κ3) is 8.30. The maximum absolute atomic E-state index is 11.2. The highest BCUT2D eigenvalue weighted by Crippen LogP contribution is 2.50. The summed E-state index contributed by atoms with van der Waals surface area (Å²) in [5, 5.41) is 0. The van der Waals surface area contributed by atoms with Crippen LogP contribution >= 0.6 is 10.3 Å². The molecule has 0 radical (unpaired) electrons. The molecule has 0 aromatic heterocycles. The SMILES string of the molecule is CCS(CC)(CCCCS(=O)(=O)O)OS(C)(=O)=O. The van der Waals surface area contributed by atoms with E-state index in [0.717, 1.165) is 6.26 Å². The summed E-state index contributed by atoms with van der Waals surface area (Å²) in [6.07, 6.45) is 1.85. The van der Waals surface area contributed by atoms with Gasteiger partial charge in [0.15, 0.2) is 0 Å². The zero-order valence-electron chi connectivity index (χ0n) is 11.0. The maximum Gasteiger partial charge on any atom is 0.273 e. The van der Waals surface area contributed by atoms with Gasteiger partial charge in [-0.05, 0) is 24.3 Å². The zero-order chi connectivity index (χ0) is 14.4. The summed E-state index contributed by atoms with van der Waals surface area (Å²) in [6.45, 7) is 3.74. The van der Waals surface area contributed by atoms with Crippen molar-refractivity contribution in [1.29, 1.82) is 0 Å². The average molecular weight is 322 g/mol. The third-order valence-electron chi connectivity index (χ3n) is 2.49. The van der Waals surface area contributed by atoms with Crippen molar-refractivity contribution in [2.75, 3.05) is 29.3 Å². The second-order valence-electron chi connectivity index (χ2n) is 4.01. The maximum atomic E-state index is 11.2. The topological polar surface area (TPSA) is 97.7 Å². The summed E-state index contributed by atoms with van der Waals surface area (Å²) in [5.41, 5.74) is 0. The Balaban J connectivity index is 4.45. The van der Waals surface area contributed by atoms with E-state index in [1.807, 2.05) is 13.8 Å². The smallest absolute Gasteiger partial charge is 0.273 e. The Morgan fingerprint density at radius 1 is 0.944 bits per heavy atom. The molecule has 0 aliphatic heterocycles.